The SMILES string of the molecule is Cc1ccc(C(C)C)c(Cl)c1Cl.Cc1ccccc1. The first-order valence-electron chi connectivity index (χ1n) is 6.39. The Kier molecular flexibility index (Phi) is 6.41. The Hall–Kier alpha value is -0.980. The summed E-state index contributed by atoms with van der Waals surface area (Å²) in [6.07, 6.45) is 0. The number of aryl methyl sites for hydroxylation is 2. The van der Waals surface area contributed by atoms with E-state index in [2.05, 4.69) is 32.9 Å². The Bertz CT molecular complexity index is 516. The van der Waals surface area contributed by atoms with E-state index in [0.29, 0.717) is 16.0 Å². The fourth-order valence-electron chi connectivity index (χ4n) is 1.64. The molecule has 0 saturated heterocycles. The molecule has 0 heterocycles. The van der Waals surface area contributed by atoms with Crippen LogP contribution in [-0.2, 0) is 0 Å². The Morgan fingerprint density at radius 1 is 0.789 bits per heavy atom. The van der Waals surface area contributed by atoms with Gasteiger partial charge in [-0.05, 0) is 30.9 Å². The van der Waals surface area contributed by atoms with Crippen molar-refractivity contribution in [2.45, 2.75) is 33.6 Å². The minimum Gasteiger partial charge on any atom is -0.0824 e. The van der Waals surface area contributed by atoms with E-state index in [1.807, 2.05) is 37.3 Å². The molecule has 0 saturated carbocycles. The molecular weight excluding hydrogens is 275 g/mol. The van der Waals surface area contributed by atoms with Crippen LogP contribution in [0.25, 0.3) is 0 Å². The molecule has 0 aliphatic rings. The molecule has 2 aromatic rings. The molecule has 2 rings (SSSR count). The average molecular weight is 295 g/mol. The van der Waals surface area contributed by atoms with Gasteiger partial charge in [0.25, 0.3) is 0 Å². The van der Waals surface area contributed by atoms with Gasteiger partial charge in [0.05, 0.1) is 10.0 Å². The van der Waals surface area contributed by atoms with Crippen LogP contribution in [-0.4, -0.2) is 0 Å². The Morgan fingerprint density at radius 2 is 1.37 bits per heavy atom. The highest BCUT2D eigenvalue weighted by atomic mass is 35.5. The summed E-state index contributed by atoms with van der Waals surface area (Å²) in [6, 6.07) is 14.3. The Morgan fingerprint density at radius 3 is 1.79 bits per heavy atom. The van der Waals surface area contributed by atoms with Crippen LogP contribution in [0.5, 0.6) is 0 Å². The number of benzene rings is 2. The zero-order valence-electron chi connectivity index (χ0n) is 11.9. The number of hydrogen-bond donors (Lipinski definition) is 0. The van der Waals surface area contributed by atoms with Gasteiger partial charge in [-0.3, -0.25) is 0 Å². The van der Waals surface area contributed by atoms with Crippen molar-refractivity contribution in [3.63, 3.8) is 0 Å². The van der Waals surface area contributed by atoms with Crippen LogP contribution in [0.15, 0.2) is 42.5 Å². The van der Waals surface area contributed by atoms with Gasteiger partial charge >= 0.3 is 0 Å². The monoisotopic (exact) mass is 294 g/mol. The predicted octanol–water partition coefficient (Wildman–Crippen LogP) is 6.42. The van der Waals surface area contributed by atoms with E-state index in [1.165, 1.54) is 5.56 Å². The van der Waals surface area contributed by atoms with Gasteiger partial charge in [0, 0.05) is 0 Å². The van der Waals surface area contributed by atoms with Gasteiger partial charge in [-0.1, -0.05) is 85.1 Å². The molecule has 2 heteroatoms. The van der Waals surface area contributed by atoms with Crippen LogP contribution in [0, 0.1) is 13.8 Å². The smallest absolute Gasteiger partial charge is 0.0629 e. The fourth-order valence-corrected chi connectivity index (χ4v) is 2.24. The third-order valence-electron chi connectivity index (χ3n) is 2.87. The van der Waals surface area contributed by atoms with Crippen molar-refractivity contribution in [1.29, 1.82) is 0 Å². The first kappa shape index (κ1) is 16.1. The molecule has 0 aliphatic heterocycles. The molecule has 0 radical (unpaired) electrons. The molecule has 0 spiro atoms. The molecule has 102 valence electrons. The normalized spacial score (nSPS) is 10.1. The van der Waals surface area contributed by atoms with Crippen LogP contribution in [0.4, 0.5) is 0 Å². The number of hydrogen-bond acceptors (Lipinski definition) is 0. The lowest BCUT2D eigenvalue weighted by molar-refractivity contribution is 0.866. The van der Waals surface area contributed by atoms with Crippen molar-refractivity contribution in [3.8, 4) is 0 Å². The van der Waals surface area contributed by atoms with E-state index in [-0.39, 0.29) is 0 Å². The third-order valence-corrected chi connectivity index (χ3v) is 3.86. The molecule has 0 unspecified atom stereocenters. The molecular formula is C17H20Cl2. The topological polar surface area (TPSA) is 0 Å². The molecule has 0 N–H and O–H groups in total. The van der Waals surface area contributed by atoms with E-state index < -0.39 is 0 Å². The van der Waals surface area contributed by atoms with E-state index in [9.17, 15) is 0 Å². The van der Waals surface area contributed by atoms with Crippen molar-refractivity contribution < 1.29 is 0 Å². The summed E-state index contributed by atoms with van der Waals surface area (Å²) in [5.41, 5.74) is 3.47. The molecule has 0 aliphatic carbocycles. The van der Waals surface area contributed by atoms with Crippen LogP contribution >= 0.6 is 23.2 Å². The van der Waals surface area contributed by atoms with Gasteiger partial charge in [-0.15, -0.1) is 0 Å². The van der Waals surface area contributed by atoms with Gasteiger partial charge in [0.15, 0.2) is 0 Å². The van der Waals surface area contributed by atoms with Gasteiger partial charge in [0.1, 0.15) is 0 Å². The van der Waals surface area contributed by atoms with E-state index in [0.717, 1.165) is 11.1 Å². The minimum atomic E-state index is 0.426. The first-order chi connectivity index (χ1) is 8.93. The fraction of sp³-hybridized carbons (Fsp3) is 0.294. The highest BCUT2D eigenvalue weighted by molar-refractivity contribution is 6.43. The van der Waals surface area contributed by atoms with Crippen LogP contribution in [0.1, 0.15) is 36.5 Å². The average Bonchev–Trinajstić information content (AvgIpc) is 2.37. The van der Waals surface area contributed by atoms with Crippen LogP contribution < -0.4 is 0 Å². The van der Waals surface area contributed by atoms with Crippen molar-refractivity contribution in [1.82, 2.24) is 0 Å². The van der Waals surface area contributed by atoms with Gasteiger partial charge in [0.2, 0.25) is 0 Å². The van der Waals surface area contributed by atoms with Gasteiger partial charge < -0.3 is 0 Å². The zero-order valence-corrected chi connectivity index (χ0v) is 13.4. The largest absolute Gasteiger partial charge is 0.0824 e. The standard InChI is InChI=1S/C10H12Cl2.C7H8/c1-6(2)8-5-4-7(3)9(11)10(8)12;1-7-5-3-2-4-6-7/h4-6H,1-3H3;2-6H,1H3. The summed E-state index contributed by atoms with van der Waals surface area (Å²) >= 11 is 12.1. The van der Waals surface area contributed by atoms with Crippen molar-refractivity contribution in [2.24, 2.45) is 0 Å². The van der Waals surface area contributed by atoms with Gasteiger partial charge in [-0.2, -0.15) is 0 Å². The quantitative estimate of drug-likeness (QED) is 0.569. The highest BCUT2D eigenvalue weighted by Crippen LogP contribution is 2.32. The number of rotatable bonds is 1. The van der Waals surface area contributed by atoms with Crippen LogP contribution in [0.3, 0.4) is 0 Å². The molecule has 19 heavy (non-hydrogen) atoms. The van der Waals surface area contributed by atoms with E-state index in [1.54, 1.807) is 0 Å². The zero-order chi connectivity index (χ0) is 14.4. The Balaban J connectivity index is 0.000000218. The molecule has 0 bridgehead atoms. The third kappa shape index (κ3) is 4.89. The van der Waals surface area contributed by atoms with Crippen molar-refractivity contribution in [2.75, 3.05) is 0 Å². The van der Waals surface area contributed by atoms with Crippen LogP contribution in [0.2, 0.25) is 10.0 Å². The summed E-state index contributed by atoms with van der Waals surface area (Å²) in [7, 11) is 0. The molecule has 0 aromatic heterocycles. The maximum atomic E-state index is 6.06. The molecule has 0 nitrogen and oxygen atoms in total. The lowest BCUT2D eigenvalue weighted by Crippen LogP contribution is -1.90. The van der Waals surface area contributed by atoms with Crippen molar-refractivity contribution in [3.05, 3.63) is 69.2 Å². The summed E-state index contributed by atoms with van der Waals surface area (Å²) in [6.45, 7) is 8.25. The first-order valence-corrected chi connectivity index (χ1v) is 7.15. The lowest BCUT2D eigenvalue weighted by Gasteiger charge is -2.10. The molecule has 0 fully saturated rings. The minimum absolute atomic E-state index is 0.426. The lowest BCUT2D eigenvalue weighted by atomic mass is 10.0. The second-order valence-corrected chi connectivity index (χ2v) is 5.66. The maximum Gasteiger partial charge on any atom is 0.0629 e. The number of halogens is 2. The van der Waals surface area contributed by atoms with E-state index >= 15 is 0 Å². The van der Waals surface area contributed by atoms with Crippen molar-refractivity contribution >= 4 is 23.2 Å². The summed E-state index contributed by atoms with van der Waals surface area (Å²) in [5, 5.41) is 1.38. The summed E-state index contributed by atoms with van der Waals surface area (Å²) in [5.74, 6) is 0.426. The second kappa shape index (κ2) is 7.57. The summed E-state index contributed by atoms with van der Waals surface area (Å²) < 4.78 is 0. The predicted molar refractivity (Wildman–Crippen MR) is 86.5 cm³/mol. The summed E-state index contributed by atoms with van der Waals surface area (Å²) in [4.78, 5) is 0. The molecule has 2 aromatic carbocycles. The Labute approximate surface area is 126 Å². The maximum absolute atomic E-state index is 6.06. The van der Waals surface area contributed by atoms with E-state index in [4.69, 9.17) is 23.2 Å². The second-order valence-electron chi connectivity index (χ2n) is 4.91. The highest BCUT2D eigenvalue weighted by Gasteiger charge is 2.09. The molecule has 0 amide bonds. The van der Waals surface area contributed by atoms with Gasteiger partial charge in [-0.25, -0.2) is 0 Å². The molecule has 0 atom stereocenters.